The van der Waals surface area contributed by atoms with Crippen molar-refractivity contribution in [3.05, 3.63) is 39.7 Å². The predicted octanol–water partition coefficient (Wildman–Crippen LogP) is 2.26. The molecule has 0 spiro atoms. The zero-order chi connectivity index (χ0) is 16.2. The molecule has 0 saturated carbocycles. The molecule has 1 aromatic rings. The second kappa shape index (κ2) is 6.62. The van der Waals surface area contributed by atoms with E-state index in [1.807, 2.05) is 13.8 Å². The van der Waals surface area contributed by atoms with Crippen molar-refractivity contribution in [3.8, 4) is 0 Å². The van der Waals surface area contributed by atoms with E-state index in [0.29, 0.717) is 6.42 Å². The molecule has 6 nitrogen and oxygen atoms in total. The Morgan fingerprint density at radius 1 is 1.52 bits per heavy atom. The maximum absolute atomic E-state index is 13.0. The average molecular weight is 298 g/mol. The number of nitrogens with zero attached hydrogens (tertiary/aromatic N) is 1. The van der Waals surface area contributed by atoms with Gasteiger partial charge in [-0.05, 0) is 30.9 Å². The minimum atomic E-state index is -0.793. The Kier molecular flexibility index (Phi) is 5.37. The maximum atomic E-state index is 13.0. The zero-order valence-electron chi connectivity index (χ0n) is 12.2. The number of benzene rings is 1. The van der Waals surface area contributed by atoms with Crippen molar-refractivity contribution in [1.29, 1.82) is 0 Å². The molecule has 0 aromatic heterocycles. The molecule has 1 unspecified atom stereocenters. The summed E-state index contributed by atoms with van der Waals surface area (Å²) < 4.78 is 13.0. The lowest BCUT2D eigenvalue weighted by atomic mass is 9.87. The summed E-state index contributed by atoms with van der Waals surface area (Å²) in [5.41, 5.74) is -1.12. The van der Waals surface area contributed by atoms with Crippen LogP contribution in [0.4, 0.5) is 10.1 Å². The second-order valence-electron chi connectivity index (χ2n) is 5.82. The molecule has 0 aliphatic heterocycles. The summed E-state index contributed by atoms with van der Waals surface area (Å²) in [4.78, 5) is 22.1. The van der Waals surface area contributed by atoms with E-state index < -0.39 is 28.4 Å². The molecule has 21 heavy (non-hydrogen) atoms. The fourth-order valence-corrected chi connectivity index (χ4v) is 2.13. The molecule has 0 aliphatic rings. The molecular formula is C14H19FN2O4. The fourth-order valence-electron chi connectivity index (χ4n) is 2.13. The molecule has 1 aromatic carbocycles. The van der Waals surface area contributed by atoms with Gasteiger partial charge in [-0.3, -0.25) is 14.9 Å². The SMILES string of the molecule is CC(O)CC(C)(C)CNC(=O)c1ccc(F)cc1[N+](=O)[O-]. The monoisotopic (exact) mass is 298 g/mol. The summed E-state index contributed by atoms with van der Waals surface area (Å²) in [7, 11) is 0. The van der Waals surface area contributed by atoms with Gasteiger partial charge in [0.1, 0.15) is 11.4 Å². The normalized spacial score (nSPS) is 12.8. The predicted molar refractivity (Wildman–Crippen MR) is 75.5 cm³/mol. The quantitative estimate of drug-likeness (QED) is 0.622. The van der Waals surface area contributed by atoms with Gasteiger partial charge in [-0.2, -0.15) is 0 Å². The first kappa shape index (κ1) is 17.0. The van der Waals surface area contributed by atoms with Gasteiger partial charge in [-0.1, -0.05) is 13.8 Å². The van der Waals surface area contributed by atoms with Crippen molar-refractivity contribution in [2.45, 2.75) is 33.3 Å². The van der Waals surface area contributed by atoms with E-state index in [9.17, 15) is 24.4 Å². The number of aliphatic hydroxyl groups is 1. The van der Waals surface area contributed by atoms with Crippen LogP contribution in [0.1, 0.15) is 37.6 Å². The Morgan fingerprint density at radius 2 is 2.14 bits per heavy atom. The van der Waals surface area contributed by atoms with Crippen molar-refractivity contribution in [1.82, 2.24) is 5.32 Å². The minimum Gasteiger partial charge on any atom is -0.393 e. The van der Waals surface area contributed by atoms with Gasteiger partial charge >= 0.3 is 0 Å². The van der Waals surface area contributed by atoms with Gasteiger partial charge in [-0.15, -0.1) is 0 Å². The summed E-state index contributed by atoms with van der Waals surface area (Å²) >= 11 is 0. The first-order valence-electron chi connectivity index (χ1n) is 6.52. The lowest BCUT2D eigenvalue weighted by molar-refractivity contribution is -0.385. The standard InChI is InChI=1S/C14H19FN2O4/c1-9(18)7-14(2,3)8-16-13(19)11-5-4-10(15)6-12(11)17(20)21/h4-6,9,18H,7-8H2,1-3H3,(H,16,19). The average Bonchev–Trinajstić information content (AvgIpc) is 2.34. The van der Waals surface area contributed by atoms with Crippen molar-refractivity contribution < 1.29 is 19.2 Å². The Balaban J connectivity index is 2.84. The highest BCUT2D eigenvalue weighted by Crippen LogP contribution is 2.23. The van der Waals surface area contributed by atoms with Crippen LogP contribution in [0.25, 0.3) is 0 Å². The zero-order valence-corrected chi connectivity index (χ0v) is 12.2. The smallest absolute Gasteiger partial charge is 0.285 e. The van der Waals surface area contributed by atoms with E-state index in [4.69, 9.17) is 0 Å². The molecule has 0 bridgehead atoms. The molecular weight excluding hydrogens is 279 g/mol. The van der Waals surface area contributed by atoms with Gasteiger partial charge in [-0.25, -0.2) is 4.39 Å². The third-order valence-electron chi connectivity index (χ3n) is 2.98. The molecule has 1 rings (SSSR count). The topological polar surface area (TPSA) is 92.5 Å². The number of amides is 1. The van der Waals surface area contributed by atoms with Gasteiger partial charge in [0, 0.05) is 6.54 Å². The molecule has 1 atom stereocenters. The fraction of sp³-hybridized carbons (Fsp3) is 0.500. The molecule has 0 fully saturated rings. The van der Waals surface area contributed by atoms with Crippen LogP contribution in [0, 0.1) is 21.3 Å². The van der Waals surface area contributed by atoms with Crippen molar-refractivity contribution in [3.63, 3.8) is 0 Å². The van der Waals surface area contributed by atoms with E-state index in [1.54, 1.807) is 6.92 Å². The first-order chi connectivity index (χ1) is 9.62. The number of halogens is 1. The summed E-state index contributed by atoms with van der Waals surface area (Å²) in [6.07, 6.45) is -0.0456. The Bertz CT molecular complexity index is 544. The number of nitrogens with one attached hydrogen (secondary N) is 1. The van der Waals surface area contributed by atoms with Crippen LogP contribution in [0.5, 0.6) is 0 Å². The number of carbonyl (C=O) groups is 1. The van der Waals surface area contributed by atoms with Crippen LogP contribution in [-0.2, 0) is 0 Å². The van der Waals surface area contributed by atoms with Gasteiger partial charge in [0.2, 0.25) is 0 Å². The highest BCUT2D eigenvalue weighted by atomic mass is 19.1. The number of carbonyl (C=O) groups excluding carboxylic acids is 1. The highest BCUT2D eigenvalue weighted by molar-refractivity contribution is 5.98. The second-order valence-corrected chi connectivity index (χ2v) is 5.82. The van der Waals surface area contributed by atoms with Crippen LogP contribution >= 0.6 is 0 Å². The molecule has 0 saturated heterocycles. The maximum Gasteiger partial charge on any atom is 0.285 e. The van der Waals surface area contributed by atoms with Crippen LogP contribution < -0.4 is 5.32 Å². The lowest BCUT2D eigenvalue weighted by Gasteiger charge is -2.26. The molecule has 0 radical (unpaired) electrons. The number of hydrogen-bond acceptors (Lipinski definition) is 4. The molecule has 1 amide bonds. The lowest BCUT2D eigenvalue weighted by Crippen LogP contribution is -2.36. The Hall–Kier alpha value is -2.02. The van der Waals surface area contributed by atoms with Gasteiger partial charge in [0.05, 0.1) is 17.1 Å². The van der Waals surface area contributed by atoms with E-state index in [2.05, 4.69) is 5.32 Å². The summed E-state index contributed by atoms with van der Waals surface area (Å²) in [6, 6.07) is 2.81. The third-order valence-corrected chi connectivity index (χ3v) is 2.98. The van der Waals surface area contributed by atoms with Crippen LogP contribution in [0.2, 0.25) is 0 Å². The van der Waals surface area contributed by atoms with Gasteiger partial charge in [0.15, 0.2) is 0 Å². The van der Waals surface area contributed by atoms with Crippen LogP contribution in [0.3, 0.4) is 0 Å². The number of hydrogen-bond donors (Lipinski definition) is 2. The molecule has 0 heterocycles. The summed E-state index contributed by atoms with van der Waals surface area (Å²) in [6.45, 7) is 5.61. The van der Waals surface area contributed by atoms with E-state index >= 15 is 0 Å². The molecule has 2 N–H and O–H groups in total. The van der Waals surface area contributed by atoms with E-state index in [0.717, 1.165) is 18.2 Å². The number of nitro groups is 1. The van der Waals surface area contributed by atoms with E-state index in [1.165, 1.54) is 0 Å². The van der Waals surface area contributed by atoms with E-state index in [-0.39, 0.29) is 17.5 Å². The summed E-state index contributed by atoms with van der Waals surface area (Å²) in [5.74, 6) is -1.41. The molecule has 116 valence electrons. The Morgan fingerprint density at radius 3 is 2.67 bits per heavy atom. The number of rotatable bonds is 6. The van der Waals surface area contributed by atoms with Gasteiger partial charge < -0.3 is 10.4 Å². The molecule has 7 heteroatoms. The van der Waals surface area contributed by atoms with Crippen molar-refractivity contribution >= 4 is 11.6 Å². The van der Waals surface area contributed by atoms with Crippen LogP contribution in [-0.4, -0.2) is 28.6 Å². The highest BCUT2D eigenvalue weighted by Gasteiger charge is 2.24. The third kappa shape index (κ3) is 5.11. The first-order valence-corrected chi connectivity index (χ1v) is 6.52. The summed E-state index contributed by atoms with van der Waals surface area (Å²) in [5, 5.41) is 22.8. The van der Waals surface area contributed by atoms with Crippen molar-refractivity contribution in [2.75, 3.05) is 6.54 Å². The molecule has 0 aliphatic carbocycles. The largest absolute Gasteiger partial charge is 0.393 e. The number of nitro benzene ring substituents is 1. The van der Waals surface area contributed by atoms with Crippen LogP contribution in [0.15, 0.2) is 18.2 Å². The Labute approximate surface area is 122 Å². The van der Waals surface area contributed by atoms with Crippen molar-refractivity contribution in [2.24, 2.45) is 5.41 Å². The minimum absolute atomic E-state index is 0.186. The van der Waals surface area contributed by atoms with Gasteiger partial charge in [0.25, 0.3) is 11.6 Å². The number of aliphatic hydroxyl groups excluding tert-OH is 1.